The quantitative estimate of drug-likeness (QED) is 0.896. The van der Waals surface area contributed by atoms with Gasteiger partial charge in [0.05, 0.1) is 0 Å². The van der Waals surface area contributed by atoms with Crippen LogP contribution in [0.2, 0.25) is 0 Å². The van der Waals surface area contributed by atoms with Gasteiger partial charge in [0, 0.05) is 23.4 Å². The van der Waals surface area contributed by atoms with E-state index in [9.17, 15) is 8.42 Å². The molecule has 0 spiro atoms. The number of nitrogens with zero attached hydrogens (tertiary/aromatic N) is 1. The van der Waals surface area contributed by atoms with Gasteiger partial charge in [-0.3, -0.25) is 4.72 Å². The van der Waals surface area contributed by atoms with Crippen molar-refractivity contribution in [3.05, 3.63) is 47.1 Å². The molecule has 0 saturated carbocycles. The normalized spacial score (nSPS) is 11.1. The van der Waals surface area contributed by atoms with Crippen LogP contribution in [0.1, 0.15) is 0 Å². The highest BCUT2D eigenvalue weighted by Crippen LogP contribution is 2.19. The lowest BCUT2D eigenvalue weighted by Gasteiger charge is -2.08. The molecule has 0 fully saturated rings. The molecule has 0 bridgehead atoms. The highest BCUT2D eigenvalue weighted by molar-refractivity contribution is 9.10. The van der Waals surface area contributed by atoms with Crippen molar-refractivity contribution in [2.75, 3.05) is 17.1 Å². The monoisotopic (exact) mass is 341 g/mol. The van der Waals surface area contributed by atoms with E-state index in [0.29, 0.717) is 11.5 Å². The van der Waals surface area contributed by atoms with Crippen LogP contribution in [0.3, 0.4) is 0 Å². The van der Waals surface area contributed by atoms with Crippen LogP contribution in [0.15, 0.2) is 52.0 Å². The van der Waals surface area contributed by atoms with E-state index in [2.05, 4.69) is 31.0 Å². The summed E-state index contributed by atoms with van der Waals surface area (Å²) >= 11 is 3.29. The zero-order chi connectivity index (χ0) is 13.9. The number of hydrogen-bond donors (Lipinski definition) is 2. The Hall–Kier alpha value is -1.60. The van der Waals surface area contributed by atoms with Crippen LogP contribution >= 0.6 is 15.9 Å². The molecule has 1 aromatic heterocycles. The molecule has 0 aliphatic carbocycles. The molecule has 1 aromatic carbocycles. The zero-order valence-corrected chi connectivity index (χ0v) is 12.5. The molecule has 19 heavy (non-hydrogen) atoms. The van der Waals surface area contributed by atoms with E-state index < -0.39 is 10.0 Å². The summed E-state index contributed by atoms with van der Waals surface area (Å²) < 4.78 is 27.5. The Morgan fingerprint density at radius 1 is 1.21 bits per heavy atom. The Kier molecular flexibility index (Phi) is 4.06. The lowest BCUT2D eigenvalue weighted by molar-refractivity contribution is 0.601. The number of aromatic nitrogens is 1. The van der Waals surface area contributed by atoms with Crippen LogP contribution in [0.4, 0.5) is 11.5 Å². The van der Waals surface area contributed by atoms with Gasteiger partial charge in [0.15, 0.2) is 0 Å². The first-order valence-corrected chi connectivity index (χ1v) is 7.71. The minimum atomic E-state index is -3.62. The molecule has 2 rings (SSSR count). The van der Waals surface area contributed by atoms with E-state index in [0.717, 1.165) is 4.47 Å². The van der Waals surface area contributed by atoms with Crippen molar-refractivity contribution in [1.82, 2.24) is 4.98 Å². The number of pyridine rings is 1. The molecule has 0 aliphatic rings. The maximum Gasteiger partial charge on any atom is 0.263 e. The molecular weight excluding hydrogens is 330 g/mol. The largest absolute Gasteiger partial charge is 0.373 e. The molecule has 0 radical (unpaired) electrons. The summed E-state index contributed by atoms with van der Waals surface area (Å²) in [6.45, 7) is 0. The maximum absolute atomic E-state index is 12.1. The van der Waals surface area contributed by atoms with E-state index >= 15 is 0 Å². The number of anilines is 2. The van der Waals surface area contributed by atoms with Crippen LogP contribution in [0.25, 0.3) is 0 Å². The Balaban J connectivity index is 2.27. The summed E-state index contributed by atoms with van der Waals surface area (Å²) in [5.41, 5.74) is 0.493. The first-order chi connectivity index (χ1) is 9.01. The molecule has 7 heteroatoms. The molecule has 0 aliphatic heterocycles. The predicted molar refractivity (Wildman–Crippen MR) is 78.7 cm³/mol. The summed E-state index contributed by atoms with van der Waals surface area (Å²) in [5, 5.41) is 2.83. The fourth-order valence-electron chi connectivity index (χ4n) is 1.45. The van der Waals surface area contributed by atoms with Crippen molar-refractivity contribution in [1.29, 1.82) is 0 Å². The van der Waals surface area contributed by atoms with Gasteiger partial charge in [-0.15, -0.1) is 0 Å². The number of rotatable bonds is 4. The Bertz CT molecular complexity index is 672. The van der Waals surface area contributed by atoms with Crippen molar-refractivity contribution in [3.63, 3.8) is 0 Å². The number of benzene rings is 1. The molecule has 0 atom stereocenters. The summed E-state index contributed by atoms with van der Waals surface area (Å²) in [4.78, 5) is 4.10. The van der Waals surface area contributed by atoms with E-state index in [1.807, 2.05) is 6.07 Å². The summed E-state index contributed by atoms with van der Waals surface area (Å²) in [6.07, 6.45) is 1.31. The highest BCUT2D eigenvalue weighted by Gasteiger charge is 2.14. The molecule has 2 aromatic rings. The van der Waals surface area contributed by atoms with Crippen LogP contribution in [-0.4, -0.2) is 20.4 Å². The maximum atomic E-state index is 12.1. The molecule has 0 saturated heterocycles. The van der Waals surface area contributed by atoms with Gasteiger partial charge < -0.3 is 5.32 Å². The van der Waals surface area contributed by atoms with Crippen molar-refractivity contribution < 1.29 is 8.42 Å². The third-order valence-corrected chi connectivity index (χ3v) is 4.24. The second-order valence-corrected chi connectivity index (χ2v) is 6.34. The van der Waals surface area contributed by atoms with Crippen molar-refractivity contribution in [2.24, 2.45) is 0 Å². The van der Waals surface area contributed by atoms with Crippen molar-refractivity contribution in [2.45, 2.75) is 4.90 Å². The fraction of sp³-hybridized carbons (Fsp3) is 0.0833. The van der Waals surface area contributed by atoms with Gasteiger partial charge in [-0.1, -0.05) is 22.0 Å². The van der Waals surface area contributed by atoms with Crippen molar-refractivity contribution in [3.8, 4) is 0 Å². The second kappa shape index (κ2) is 5.58. The van der Waals surface area contributed by atoms with Crippen LogP contribution in [-0.2, 0) is 10.0 Å². The van der Waals surface area contributed by atoms with E-state index in [4.69, 9.17) is 0 Å². The summed E-state index contributed by atoms with van der Waals surface area (Å²) in [5.74, 6) is 0.612. The van der Waals surface area contributed by atoms with Gasteiger partial charge in [0.1, 0.15) is 10.7 Å². The fourth-order valence-corrected chi connectivity index (χ4v) is 2.85. The standard InChI is InChI=1S/C12H12BrN3O2S/c1-14-12-6-5-11(8-15-12)19(17,18)16-10-4-2-3-9(13)7-10/h2-8,16H,1H3,(H,14,15). The number of sulfonamides is 1. The van der Waals surface area contributed by atoms with Crippen LogP contribution in [0, 0.1) is 0 Å². The second-order valence-electron chi connectivity index (χ2n) is 3.74. The number of hydrogen-bond acceptors (Lipinski definition) is 4. The first-order valence-electron chi connectivity index (χ1n) is 5.43. The molecule has 100 valence electrons. The van der Waals surface area contributed by atoms with Gasteiger partial charge in [0.25, 0.3) is 10.0 Å². The average molecular weight is 342 g/mol. The molecule has 0 amide bonds. The Morgan fingerprint density at radius 2 is 2.00 bits per heavy atom. The van der Waals surface area contributed by atoms with Gasteiger partial charge in [-0.2, -0.15) is 0 Å². The average Bonchev–Trinajstić information content (AvgIpc) is 2.38. The lowest BCUT2D eigenvalue weighted by atomic mass is 10.3. The number of halogens is 1. The topological polar surface area (TPSA) is 71.1 Å². The molecular formula is C12H12BrN3O2S. The smallest absolute Gasteiger partial charge is 0.263 e. The van der Waals surface area contributed by atoms with Gasteiger partial charge >= 0.3 is 0 Å². The minimum Gasteiger partial charge on any atom is -0.373 e. The molecule has 1 heterocycles. The zero-order valence-electron chi connectivity index (χ0n) is 10.1. The van der Waals surface area contributed by atoms with Crippen LogP contribution < -0.4 is 10.0 Å². The van der Waals surface area contributed by atoms with Crippen molar-refractivity contribution >= 4 is 37.5 Å². The van der Waals surface area contributed by atoms with Gasteiger partial charge in [-0.05, 0) is 30.3 Å². The molecule has 0 unspecified atom stereocenters. The molecule has 2 N–H and O–H groups in total. The first kappa shape index (κ1) is 13.8. The van der Waals surface area contributed by atoms with Gasteiger partial charge in [-0.25, -0.2) is 13.4 Å². The third kappa shape index (κ3) is 3.45. The summed E-state index contributed by atoms with van der Waals surface area (Å²) in [6, 6.07) is 10.0. The Labute approximate surface area is 120 Å². The molecule has 5 nitrogen and oxygen atoms in total. The lowest BCUT2D eigenvalue weighted by Crippen LogP contribution is -2.13. The number of nitrogens with one attached hydrogen (secondary N) is 2. The van der Waals surface area contributed by atoms with Gasteiger partial charge in [0.2, 0.25) is 0 Å². The highest BCUT2D eigenvalue weighted by atomic mass is 79.9. The van der Waals surface area contributed by atoms with E-state index in [-0.39, 0.29) is 4.90 Å². The van der Waals surface area contributed by atoms with E-state index in [1.165, 1.54) is 12.3 Å². The summed E-state index contributed by atoms with van der Waals surface area (Å²) in [7, 11) is -1.90. The Morgan fingerprint density at radius 3 is 2.58 bits per heavy atom. The minimum absolute atomic E-state index is 0.117. The third-order valence-electron chi connectivity index (χ3n) is 2.38. The predicted octanol–water partition coefficient (Wildman–Crippen LogP) is 2.69. The van der Waals surface area contributed by atoms with Crippen LogP contribution in [0.5, 0.6) is 0 Å². The van der Waals surface area contributed by atoms with E-state index in [1.54, 1.807) is 31.3 Å². The SMILES string of the molecule is CNc1ccc(S(=O)(=O)Nc2cccc(Br)c2)cn1.